The van der Waals surface area contributed by atoms with Gasteiger partial charge in [0.1, 0.15) is 29.4 Å². The molecule has 4 aromatic carbocycles. The number of hydrogen-bond donors (Lipinski definition) is 0. The standard InChI is InChI=1S/C26H16N2O3/c27-17-19-14-15-23(16-20(19)18-28)30-25-13-7-12-24(29-21-8-3-1-4-9-21)26(25)31-22-10-5-2-6-11-22/h1-16H. The summed E-state index contributed by atoms with van der Waals surface area (Å²) in [5, 5.41) is 18.4. The van der Waals surface area contributed by atoms with Crippen molar-refractivity contribution in [3.63, 3.8) is 0 Å². The Morgan fingerprint density at radius 3 is 1.61 bits per heavy atom. The molecule has 0 aromatic heterocycles. The van der Waals surface area contributed by atoms with E-state index in [0.29, 0.717) is 34.5 Å². The van der Waals surface area contributed by atoms with Gasteiger partial charge in [0.2, 0.25) is 5.75 Å². The van der Waals surface area contributed by atoms with Crippen LogP contribution >= 0.6 is 0 Å². The largest absolute Gasteiger partial charge is 0.453 e. The van der Waals surface area contributed by atoms with Crippen LogP contribution in [0.1, 0.15) is 11.1 Å². The minimum Gasteiger partial charge on any atom is -0.453 e. The number of nitrogens with zero attached hydrogens (tertiary/aromatic N) is 2. The second kappa shape index (κ2) is 9.17. The molecule has 0 N–H and O–H groups in total. The predicted molar refractivity (Wildman–Crippen MR) is 115 cm³/mol. The third-order valence-electron chi connectivity index (χ3n) is 4.34. The minimum absolute atomic E-state index is 0.238. The molecule has 0 heterocycles. The average molecular weight is 404 g/mol. The van der Waals surface area contributed by atoms with Gasteiger partial charge in [-0.3, -0.25) is 0 Å². The van der Waals surface area contributed by atoms with E-state index in [1.165, 1.54) is 6.07 Å². The molecule has 4 rings (SSSR count). The van der Waals surface area contributed by atoms with E-state index in [1.807, 2.05) is 72.8 Å². The summed E-state index contributed by atoms with van der Waals surface area (Å²) in [6, 6.07) is 32.7. The SMILES string of the molecule is N#Cc1ccc(Oc2cccc(Oc3ccccc3)c2Oc2ccccc2)cc1C#N. The van der Waals surface area contributed by atoms with Crippen LogP contribution in [0.4, 0.5) is 0 Å². The molecule has 0 unspecified atom stereocenters. The molecule has 0 atom stereocenters. The van der Waals surface area contributed by atoms with Crippen LogP contribution in [0, 0.1) is 22.7 Å². The maximum Gasteiger partial charge on any atom is 0.212 e. The van der Waals surface area contributed by atoms with Crippen molar-refractivity contribution in [2.24, 2.45) is 0 Å². The number of hydrogen-bond acceptors (Lipinski definition) is 5. The zero-order valence-corrected chi connectivity index (χ0v) is 16.4. The first kappa shape index (κ1) is 19.6. The molecule has 0 amide bonds. The number of rotatable bonds is 6. The normalized spacial score (nSPS) is 9.87. The van der Waals surface area contributed by atoms with Gasteiger partial charge >= 0.3 is 0 Å². The molecule has 0 bridgehead atoms. The van der Waals surface area contributed by atoms with Crippen LogP contribution in [-0.4, -0.2) is 0 Å². The summed E-state index contributed by atoms with van der Waals surface area (Å²) in [6.45, 7) is 0. The molecule has 5 nitrogen and oxygen atoms in total. The predicted octanol–water partition coefficient (Wildman–Crippen LogP) is 6.81. The summed E-state index contributed by atoms with van der Waals surface area (Å²) < 4.78 is 18.2. The fraction of sp³-hybridized carbons (Fsp3) is 0. The summed E-state index contributed by atoms with van der Waals surface area (Å²) in [7, 11) is 0. The third kappa shape index (κ3) is 4.64. The van der Waals surface area contributed by atoms with E-state index in [1.54, 1.807) is 30.3 Å². The Balaban J connectivity index is 1.74. The lowest BCUT2D eigenvalue weighted by Crippen LogP contribution is -1.95. The first-order valence-corrected chi connectivity index (χ1v) is 9.48. The number of nitriles is 2. The molecule has 0 fully saturated rings. The molecule has 4 aromatic rings. The average Bonchev–Trinajstić information content (AvgIpc) is 2.82. The Morgan fingerprint density at radius 2 is 1.03 bits per heavy atom. The van der Waals surface area contributed by atoms with E-state index < -0.39 is 0 Å². The number of ether oxygens (including phenoxy) is 3. The maximum atomic E-state index is 9.30. The van der Waals surface area contributed by atoms with Crippen molar-refractivity contribution in [1.82, 2.24) is 0 Å². The summed E-state index contributed by atoms with van der Waals surface area (Å²) in [5.74, 6) is 2.95. The number of para-hydroxylation sites is 3. The van der Waals surface area contributed by atoms with Crippen molar-refractivity contribution in [1.29, 1.82) is 10.5 Å². The molecule has 31 heavy (non-hydrogen) atoms. The molecular weight excluding hydrogens is 388 g/mol. The summed E-state index contributed by atoms with van der Waals surface area (Å²) >= 11 is 0. The molecule has 0 radical (unpaired) electrons. The fourth-order valence-electron chi connectivity index (χ4n) is 2.88. The van der Waals surface area contributed by atoms with Gasteiger partial charge in [-0.05, 0) is 54.6 Å². The molecule has 5 heteroatoms. The molecular formula is C26H16N2O3. The topological polar surface area (TPSA) is 75.3 Å². The van der Waals surface area contributed by atoms with Crippen LogP contribution < -0.4 is 14.2 Å². The second-order valence-corrected chi connectivity index (χ2v) is 6.45. The first-order chi connectivity index (χ1) is 15.3. The van der Waals surface area contributed by atoms with Crippen LogP contribution in [0.25, 0.3) is 0 Å². The Kier molecular flexibility index (Phi) is 5.79. The highest BCUT2D eigenvalue weighted by Gasteiger charge is 2.16. The van der Waals surface area contributed by atoms with Crippen molar-refractivity contribution < 1.29 is 14.2 Å². The molecule has 0 aliphatic carbocycles. The van der Waals surface area contributed by atoms with Gasteiger partial charge in [-0.25, -0.2) is 0 Å². The quantitative estimate of drug-likeness (QED) is 0.353. The van der Waals surface area contributed by atoms with Crippen molar-refractivity contribution in [3.8, 4) is 46.6 Å². The highest BCUT2D eigenvalue weighted by Crippen LogP contribution is 2.44. The Hall–Kier alpha value is -4.74. The van der Waals surface area contributed by atoms with Gasteiger partial charge in [0.25, 0.3) is 0 Å². The summed E-state index contributed by atoms with van der Waals surface area (Å²) in [5.41, 5.74) is 0.527. The highest BCUT2D eigenvalue weighted by atomic mass is 16.5. The van der Waals surface area contributed by atoms with Crippen LogP contribution in [0.15, 0.2) is 97.1 Å². The second-order valence-electron chi connectivity index (χ2n) is 6.45. The Labute approximate surface area is 179 Å². The zero-order chi connectivity index (χ0) is 21.5. The van der Waals surface area contributed by atoms with Crippen molar-refractivity contribution in [3.05, 3.63) is 108 Å². The van der Waals surface area contributed by atoms with E-state index in [4.69, 9.17) is 19.5 Å². The van der Waals surface area contributed by atoms with E-state index >= 15 is 0 Å². The van der Waals surface area contributed by atoms with Crippen molar-refractivity contribution in [2.45, 2.75) is 0 Å². The third-order valence-corrected chi connectivity index (χ3v) is 4.34. The van der Waals surface area contributed by atoms with Crippen LogP contribution in [0.5, 0.6) is 34.5 Å². The van der Waals surface area contributed by atoms with Gasteiger partial charge in [-0.2, -0.15) is 10.5 Å². The molecule has 0 aliphatic rings. The van der Waals surface area contributed by atoms with Crippen LogP contribution in [0.2, 0.25) is 0 Å². The highest BCUT2D eigenvalue weighted by molar-refractivity contribution is 5.57. The van der Waals surface area contributed by atoms with Gasteiger partial charge in [-0.1, -0.05) is 42.5 Å². The lowest BCUT2D eigenvalue weighted by atomic mass is 10.1. The lowest BCUT2D eigenvalue weighted by Gasteiger charge is -2.16. The number of benzene rings is 4. The zero-order valence-electron chi connectivity index (χ0n) is 16.4. The Morgan fingerprint density at radius 1 is 0.484 bits per heavy atom. The lowest BCUT2D eigenvalue weighted by molar-refractivity contribution is 0.386. The monoisotopic (exact) mass is 404 g/mol. The molecule has 0 saturated carbocycles. The minimum atomic E-state index is 0.238. The smallest absolute Gasteiger partial charge is 0.212 e. The Bertz CT molecular complexity index is 1270. The molecule has 0 spiro atoms. The first-order valence-electron chi connectivity index (χ1n) is 9.48. The molecule has 148 valence electrons. The van der Waals surface area contributed by atoms with Crippen LogP contribution in [-0.2, 0) is 0 Å². The van der Waals surface area contributed by atoms with E-state index in [-0.39, 0.29) is 11.1 Å². The fourth-order valence-corrected chi connectivity index (χ4v) is 2.88. The molecule has 0 aliphatic heterocycles. The van der Waals surface area contributed by atoms with Gasteiger partial charge in [-0.15, -0.1) is 0 Å². The van der Waals surface area contributed by atoms with Crippen molar-refractivity contribution >= 4 is 0 Å². The summed E-state index contributed by atoms with van der Waals surface area (Å²) in [6.07, 6.45) is 0. The van der Waals surface area contributed by atoms with Gasteiger partial charge < -0.3 is 14.2 Å². The van der Waals surface area contributed by atoms with Gasteiger partial charge in [0.05, 0.1) is 11.1 Å². The maximum absolute atomic E-state index is 9.30. The molecule has 0 saturated heterocycles. The van der Waals surface area contributed by atoms with Gasteiger partial charge in [0, 0.05) is 0 Å². The van der Waals surface area contributed by atoms with Gasteiger partial charge in [0.15, 0.2) is 11.5 Å². The van der Waals surface area contributed by atoms with Crippen LogP contribution in [0.3, 0.4) is 0 Å². The van der Waals surface area contributed by atoms with E-state index in [2.05, 4.69) is 0 Å². The summed E-state index contributed by atoms with van der Waals surface area (Å²) in [4.78, 5) is 0. The van der Waals surface area contributed by atoms with E-state index in [0.717, 1.165) is 0 Å². The van der Waals surface area contributed by atoms with Crippen molar-refractivity contribution in [2.75, 3.05) is 0 Å². The van der Waals surface area contributed by atoms with E-state index in [9.17, 15) is 5.26 Å².